The molecule has 1 atom stereocenters. The summed E-state index contributed by atoms with van der Waals surface area (Å²) in [4.78, 5) is 26.3. The van der Waals surface area contributed by atoms with Gasteiger partial charge in [0.05, 0.1) is 0 Å². The molecule has 0 aliphatic carbocycles. The van der Waals surface area contributed by atoms with Crippen molar-refractivity contribution in [2.24, 2.45) is 0 Å². The molecule has 0 aliphatic rings. The molecule has 0 aromatic heterocycles. The van der Waals surface area contributed by atoms with E-state index in [0.717, 1.165) is 22.4 Å². The van der Waals surface area contributed by atoms with Gasteiger partial charge in [0, 0.05) is 23.7 Å². The number of aryl methyl sites for hydroxylation is 1. The largest absolute Gasteiger partial charge is 0.480 e. The van der Waals surface area contributed by atoms with Gasteiger partial charge in [-0.15, -0.1) is 11.8 Å². The highest BCUT2D eigenvalue weighted by molar-refractivity contribution is 8.01. The number of carbonyl (C=O) groups is 2. The lowest BCUT2D eigenvalue weighted by molar-refractivity contribution is -0.139. The fourth-order valence-electron chi connectivity index (χ4n) is 2.46. The van der Waals surface area contributed by atoms with Crippen LogP contribution in [0.5, 0.6) is 0 Å². The Bertz CT molecular complexity index is 675. The SMILES string of the molecule is C=C(C)NC(=O)N(CC)CCc1ccc(SC(C)(CC)C(=O)O)cc1C. The number of allylic oxidation sites excluding steroid dienone is 1. The van der Waals surface area contributed by atoms with Gasteiger partial charge >= 0.3 is 12.0 Å². The number of benzene rings is 1. The highest BCUT2D eigenvalue weighted by Crippen LogP contribution is 2.36. The van der Waals surface area contributed by atoms with E-state index in [4.69, 9.17) is 0 Å². The number of nitrogens with one attached hydrogen (secondary N) is 1. The molecule has 0 bridgehead atoms. The molecule has 2 amide bonds. The molecule has 1 rings (SSSR count). The molecule has 0 saturated heterocycles. The van der Waals surface area contributed by atoms with E-state index in [1.54, 1.807) is 18.7 Å². The van der Waals surface area contributed by atoms with Crippen molar-refractivity contribution in [1.29, 1.82) is 0 Å². The predicted octanol–water partition coefficient (Wildman–Crippen LogP) is 4.45. The molecule has 5 nitrogen and oxygen atoms in total. The molecular formula is C20H30N2O3S. The lowest BCUT2D eigenvalue weighted by Crippen LogP contribution is -2.40. The summed E-state index contributed by atoms with van der Waals surface area (Å²) in [5, 5.41) is 12.2. The van der Waals surface area contributed by atoms with Crippen molar-refractivity contribution in [1.82, 2.24) is 10.2 Å². The Morgan fingerprint density at radius 3 is 2.46 bits per heavy atom. The number of carbonyl (C=O) groups excluding carboxylic acids is 1. The van der Waals surface area contributed by atoms with Gasteiger partial charge in [-0.1, -0.05) is 19.6 Å². The van der Waals surface area contributed by atoms with E-state index in [2.05, 4.69) is 11.9 Å². The zero-order valence-corrected chi connectivity index (χ0v) is 17.2. The van der Waals surface area contributed by atoms with E-state index in [1.165, 1.54) is 11.8 Å². The van der Waals surface area contributed by atoms with Crippen LogP contribution >= 0.6 is 11.8 Å². The average Bonchev–Trinajstić information content (AvgIpc) is 2.56. The van der Waals surface area contributed by atoms with Crippen LogP contribution in [0.3, 0.4) is 0 Å². The first-order chi connectivity index (χ1) is 12.1. The van der Waals surface area contributed by atoms with Gasteiger partial charge in [-0.05, 0) is 63.8 Å². The van der Waals surface area contributed by atoms with Crippen molar-refractivity contribution in [3.8, 4) is 0 Å². The summed E-state index contributed by atoms with van der Waals surface area (Å²) in [5.41, 5.74) is 2.89. The Morgan fingerprint density at radius 1 is 1.35 bits per heavy atom. The molecule has 0 heterocycles. The quantitative estimate of drug-likeness (QED) is 0.623. The Kier molecular flexibility index (Phi) is 8.21. The molecule has 0 radical (unpaired) electrons. The topological polar surface area (TPSA) is 69.6 Å². The summed E-state index contributed by atoms with van der Waals surface area (Å²) in [6.45, 7) is 14.3. The van der Waals surface area contributed by atoms with Crippen LogP contribution in [0, 0.1) is 6.92 Å². The van der Waals surface area contributed by atoms with Gasteiger partial charge in [-0.3, -0.25) is 4.79 Å². The van der Waals surface area contributed by atoms with Gasteiger partial charge in [0.2, 0.25) is 0 Å². The van der Waals surface area contributed by atoms with Crippen molar-refractivity contribution in [3.63, 3.8) is 0 Å². The third kappa shape index (κ3) is 6.09. The van der Waals surface area contributed by atoms with Crippen molar-refractivity contribution >= 4 is 23.8 Å². The van der Waals surface area contributed by atoms with E-state index in [9.17, 15) is 14.7 Å². The number of nitrogens with zero attached hydrogens (tertiary/aromatic N) is 1. The van der Waals surface area contributed by atoms with Crippen LogP contribution in [-0.4, -0.2) is 39.8 Å². The number of hydrogen-bond acceptors (Lipinski definition) is 3. The Hall–Kier alpha value is -1.95. The molecule has 0 saturated carbocycles. The lowest BCUT2D eigenvalue weighted by Gasteiger charge is -2.23. The van der Waals surface area contributed by atoms with Crippen LogP contribution in [0.1, 0.15) is 45.2 Å². The number of hydrogen-bond donors (Lipinski definition) is 2. The van der Waals surface area contributed by atoms with Crippen molar-refractivity contribution < 1.29 is 14.7 Å². The van der Waals surface area contributed by atoms with Crippen molar-refractivity contribution in [3.05, 3.63) is 41.6 Å². The summed E-state index contributed by atoms with van der Waals surface area (Å²) in [7, 11) is 0. The summed E-state index contributed by atoms with van der Waals surface area (Å²) in [6.07, 6.45) is 1.30. The normalized spacial score (nSPS) is 13.0. The van der Waals surface area contributed by atoms with E-state index >= 15 is 0 Å². The third-order valence-corrected chi connectivity index (χ3v) is 5.83. The molecule has 0 spiro atoms. The van der Waals surface area contributed by atoms with Crippen LogP contribution in [-0.2, 0) is 11.2 Å². The Balaban J connectivity index is 2.80. The number of amides is 2. The Morgan fingerprint density at radius 2 is 2.00 bits per heavy atom. The number of aliphatic carboxylic acids is 1. The summed E-state index contributed by atoms with van der Waals surface area (Å²) < 4.78 is -0.826. The number of rotatable bonds is 9. The van der Waals surface area contributed by atoms with Gasteiger partial charge in [0.1, 0.15) is 4.75 Å². The second-order valence-corrected chi connectivity index (χ2v) is 8.20. The first-order valence-electron chi connectivity index (χ1n) is 8.86. The van der Waals surface area contributed by atoms with Crippen molar-refractivity contribution in [2.75, 3.05) is 13.1 Å². The van der Waals surface area contributed by atoms with Crippen LogP contribution in [0.2, 0.25) is 0 Å². The molecule has 6 heteroatoms. The molecule has 1 aromatic carbocycles. The maximum atomic E-state index is 12.1. The number of carboxylic acid groups (broad SMARTS) is 1. The minimum atomic E-state index is -0.826. The first kappa shape index (κ1) is 22.1. The smallest absolute Gasteiger partial charge is 0.321 e. The molecule has 1 unspecified atom stereocenters. The third-order valence-electron chi connectivity index (χ3n) is 4.42. The van der Waals surface area contributed by atoms with Crippen LogP contribution in [0.25, 0.3) is 0 Å². The van der Waals surface area contributed by atoms with Crippen molar-refractivity contribution in [2.45, 2.75) is 57.1 Å². The molecule has 2 N–H and O–H groups in total. The lowest BCUT2D eigenvalue weighted by atomic mass is 10.1. The number of likely N-dealkylation sites (N-methyl/N-ethyl adjacent to an activating group) is 1. The number of urea groups is 1. The second kappa shape index (κ2) is 9.67. The monoisotopic (exact) mass is 378 g/mol. The summed E-state index contributed by atoms with van der Waals surface area (Å²) >= 11 is 1.38. The standard InChI is InChI=1S/C20H30N2O3S/c1-7-20(6,18(23)24)26-17-10-9-16(15(5)13-17)11-12-22(8-2)19(25)21-14(3)4/h9-10,13H,3,7-8,11-12H2,1-2,4-6H3,(H,21,25)(H,23,24). The highest BCUT2D eigenvalue weighted by Gasteiger charge is 2.32. The molecule has 26 heavy (non-hydrogen) atoms. The molecular weight excluding hydrogens is 348 g/mol. The summed E-state index contributed by atoms with van der Waals surface area (Å²) in [5.74, 6) is -0.797. The number of thioether (sulfide) groups is 1. The summed E-state index contributed by atoms with van der Waals surface area (Å²) in [6, 6.07) is 5.89. The zero-order valence-electron chi connectivity index (χ0n) is 16.4. The number of carboxylic acids is 1. The zero-order chi connectivity index (χ0) is 19.9. The average molecular weight is 379 g/mol. The van der Waals surface area contributed by atoms with Gasteiger partial charge in [-0.2, -0.15) is 0 Å². The van der Waals surface area contributed by atoms with E-state index in [-0.39, 0.29) is 6.03 Å². The van der Waals surface area contributed by atoms with Crippen LogP contribution in [0.15, 0.2) is 35.4 Å². The fraction of sp³-hybridized carbons (Fsp3) is 0.500. The molecule has 144 valence electrons. The van der Waals surface area contributed by atoms with Gasteiger partial charge in [0.15, 0.2) is 0 Å². The maximum absolute atomic E-state index is 12.1. The van der Waals surface area contributed by atoms with Gasteiger partial charge in [-0.25, -0.2) is 4.79 Å². The van der Waals surface area contributed by atoms with Crippen LogP contribution < -0.4 is 5.32 Å². The minimum absolute atomic E-state index is 0.134. The van der Waals surface area contributed by atoms with E-state index in [0.29, 0.717) is 25.2 Å². The molecule has 1 aromatic rings. The minimum Gasteiger partial charge on any atom is -0.480 e. The highest BCUT2D eigenvalue weighted by atomic mass is 32.2. The van der Waals surface area contributed by atoms with Crippen LogP contribution in [0.4, 0.5) is 4.79 Å². The Labute approximate surface area is 160 Å². The van der Waals surface area contributed by atoms with Gasteiger partial charge < -0.3 is 15.3 Å². The molecule has 0 fully saturated rings. The van der Waals surface area contributed by atoms with Gasteiger partial charge in [0.25, 0.3) is 0 Å². The van der Waals surface area contributed by atoms with E-state index < -0.39 is 10.7 Å². The predicted molar refractivity (Wildman–Crippen MR) is 108 cm³/mol. The fourth-order valence-corrected chi connectivity index (χ4v) is 3.58. The molecule has 0 aliphatic heterocycles. The maximum Gasteiger partial charge on any atom is 0.321 e. The van der Waals surface area contributed by atoms with E-state index in [1.807, 2.05) is 39.0 Å². The second-order valence-electron chi connectivity index (χ2n) is 6.62. The first-order valence-corrected chi connectivity index (χ1v) is 9.68.